The van der Waals surface area contributed by atoms with Gasteiger partial charge in [-0.3, -0.25) is 9.36 Å². The highest BCUT2D eigenvalue weighted by Crippen LogP contribution is 2.17. The number of H-pyrrole nitrogens is 1. The van der Waals surface area contributed by atoms with Crippen molar-refractivity contribution in [2.45, 2.75) is 19.4 Å². The van der Waals surface area contributed by atoms with Crippen LogP contribution in [0.25, 0.3) is 11.0 Å². The molecule has 2 aromatic rings. The summed E-state index contributed by atoms with van der Waals surface area (Å²) in [6.45, 7) is 2.67. The molecule has 0 unspecified atom stereocenters. The molecule has 1 aromatic heterocycles. The summed E-state index contributed by atoms with van der Waals surface area (Å²) in [5.74, 6) is 0.666. The van der Waals surface area contributed by atoms with Crippen molar-refractivity contribution in [3.8, 4) is 0 Å². The lowest BCUT2D eigenvalue weighted by Gasteiger charge is -2.32. The second kappa shape index (κ2) is 6.36. The molecule has 1 aliphatic heterocycles. The summed E-state index contributed by atoms with van der Waals surface area (Å²) < 4.78 is 1.53. The molecule has 22 heavy (non-hydrogen) atoms. The second-order valence-corrected chi connectivity index (χ2v) is 5.92. The topological polar surface area (TPSA) is 70.1 Å². The van der Waals surface area contributed by atoms with Gasteiger partial charge in [-0.1, -0.05) is 12.1 Å². The van der Waals surface area contributed by atoms with Crippen LogP contribution in [0.2, 0.25) is 0 Å². The average Bonchev–Trinajstić information content (AvgIpc) is 2.84. The number of nitrogens with one attached hydrogen (secondary N) is 2. The number of para-hydroxylation sites is 2. The number of hydrogen-bond donors (Lipinski definition) is 2. The lowest BCUT2D eigenvalue weighted by atomic mass is 9.97. The highest BCUT2D eigenvalue weighted by Gasteiger charge is 2.23. The first kappa shape index (κ1) is 14.8. The molecule has 0 aliphatic carbocycles. The number of hydrogen-bond acceptors (Lipinski definition) is 3. The van der Waals surface area contributed by atoms with Gasteiger partial charge in [0, 0.05) is 13.1 Å². The third-order valence-corrected chi connectivity index (χ3v) is 4.44. The van der Waals surface area contributed by atoms with Crippen LogP contribution in [0.1, 0.15) is 12.8 Å². The number of imidazole rings is 1. The van der Waals surface area contributed by atoms with Gasteiger partial charge in [0.15, 0.2) is 0 Å². The van der Waals surface area contributed by atoms with E-state index >= 15 is 0 Å². The van der Waals surface area contributed by atoms with E-state index in [2.05, 4.69) is 10.3 Å². The summed E-state index contributed by atoms with van der Waals surface area (Å²) in [7, 11) is 1.96. The molecule has 0 spiro atoms. The molecule has 2 heterocycles. The number of amides is 1. The van der Waals surface area contributed by atoms with E-state index in [-0.39, 0.29) is 18.1 Å². The van der Waals surface area contributed by atoms with E-state index < -0.39 is 0 Å². The zero-order chi connectivity index (χ0) is 15.5. The number of benzene rings is 1. The Labute approximate surface area is 129 Å². The molecule has 6 heteroatoms. The highest BCUT2D eigenvalue weighted by atomic mass is 16.2. The van der Waals surface area contributed by atoms with Gasteiger partial charge in [0.05, 0.1) is 11.0 Å². The van der Waals surface area contributed by atoms with Crippen LogP contribution in [-0.4, -0.2) is 47.0 Å². The van der Waals surface area contributed by atoms with E-state index in [1.807, 2.05) is 36.2 Å². The molecule has 2 N–H and O–H groups in total. The first-order chi connectivity index (χ1) is 10.7. The first-order valence-corrected chi connectivity index (χ1v) is 7.79. The van der Waals surface area contributed by atoms with Crippen molar-refractivity contribution in [2.75, 3.05) is 26.7 Å². The van der Waals surface area contributed by atoms with Crippen LogP contribution in [0, 0.1) is 5.92 Å². The standard InChI is InChI=1S/C16H22N4O2/c1-17-10-12-6-8-19(9-7-12)15(21)11-20-14-5-3-2-4-13(14)18-16(20)22/h2-5,12,17H,6-11H2,1H3,(H,18,22). The van der Waals surface area contributed by atoms with Gasteiger partial charge in [-0.2, -0.15) is 0 Å². The fourth-order valence-electron chi connectivity index (χ4n) is 3.17. The van der Waals surface area contributed by atoms with Crippen molar-refractivity contribution in [1.29, 1.82) is 0 Å². The van der Waals surface area contributed by atoms with Gasteiger partial charge in [-0.25, -0.2) is 4.79 Å². The molecular weight excluding hydrogens is 280 g/mol. The molecule has 0 radical (unpaired) electrons. The molecule has 1 aromatic carbocycles. The lowest BCUT2D eigenvalue weighted by Crippen LogP contribution is -2.42. The van der Waals surface area contributed by atoms with E-state index in [1.165, 1.54) is 4.57 Å². The van der Waals surface area contributed by atoms with Gasteiger partial charge in [0.2, 0.25) is 5.91 Å². The minimum absolute atomic E-state index is 0.0229. The molecule has 6 nitrogen and oxygen atoms in total. The Hall–Kier alpha value is -2.08. The highest BCUT2D eigenvalue weighted by molar-refractivity contribution is 5.80. The molecule has 3 rings (SSSR count). The largest absolute Gasteiger partial charge is 0.341 e. The summed E-state index contributed by atoms with van der Waals surface area (Å²) in [5, 5.41) is 3.19. The van der Waals surface area contributed by atoms with Gasteiger partial charge >= 0.3 is 5.69 Å². The van der Waals surface area contributed by atoms with E-state index in [0.29, 0.717) is 5.92 Å². The minimum Gasteiger partial charge on any atom is -0.341 e. The van der Waals surface area contributed by atoms with Crippen LogP contribution < -0.4 is 11.0 Å². The Kier molecular flexibility index (Phi) is 4.29. The maximum Gasteiger partial charge on any atom is 0.326 e. The molecule has 0 bridgehead atoms. The van der Waals surface area contributed by atoms with Crippen LogP contribution in [0.5, 0.6) is 0 Å². The number of fused-ring (bicyclic) bond motifs is 1. The Bertz CT molecular complexity index is 710. The molecular formula is C16H22N4O2. The van der Waals surface area contributed by atoms with Crippen LogP contribution in [0.15, 0.2) is 29.1 Å². The van der Waals surface area contributed by atoms with Crippen molar-refractivity contribution >= 4 is 16.9 Å². The predicted molar refractivity (Wildman–Crippen MR) is 85.8 cm³/mol. The van der Waals surface area contributed by atoms with Crippen molar-refractivity contribution in [3.63, 3.8) is 0 Å². The normalized spacial score (nSPS) is 16.3. The molecule has 0 atom stereocenters. The van der Waals surface area contributed by atoms with Gasteiger partial charge in [0.25, 0.3) is 0 Å². The molecule has 0 saturated carbocycles. The fraction of sp³-hybridized carbons (Fsp3) is 0.500. The number of rotatable bonds is 4. The SMILES string of the molecule is CNCC1CCN(C(=O)Cn2c(=O)[nH]c3ccccc32)CC1. The Morgan fingerprint density at radius 3 is 2.77 bits per heavy atom. The maximum absolute atomic E-state index is 12.5. The quantitative estimate of drug-likeness (QED) is 0.877. The van der Waals surface area contributed by atoms with Gasteiger partial charge < -0.3 is 15.2 Å². The number of likely N-dealkylation sites (tertiary alicyclic amines) is 1. The Morgan fingerprint density at radius 2 is 2.05 bits per heavy atom. The molecule has 1 saturated heterocycles. The number of aromatic amines is 1. The summed E-state index contributed by atoms with van der Waals surface area (Å²) in [6, 6.07) is 7.46. The zero-order valence-electron chi connectivity index (χ0n) is 12.8. The van der Waals surface area contributed by atoms with E-state index in [4.69, 9.17) is 0 Å². The number of nitrogens with zero attached hydrogens (tertiary/aromatic N) is 2. The molecule has 1 fully saturated rings. The average molecular weight is 302 g/mol. The van der Waals surface area contributed by atoms with Gasteiger partial charge in [-0.05, 0) is 44.5 Å². The van der Waals surface area contributed by atoms with Crippen LogP contribution in [-0.2, 0) is 11.3 Å². The third kappa shape index (κ3) is 2.92. The number of aromatic nitrogens is 2. The van der Waals surface area contributed by atoms with E-state index in [9.17, 15) is 9.59 Å². The van der Waals surface area contributed by atoms with Crippen molar-refractivity contribution in [2.24, 2.45) is 5.92 Å². The molecule has 1 aliphatic rings. The minimum atomic E-state index is -0.223. The molecule has 1 amide bonds. The number of piperidine rings is 1. The lowest BCUT2D eigenvalue weighted by molar-refractivity contribution is -0.133. The third-order valence-electron chi connectivity index (χ3n) is 4.44. The summed E-state index contributed by atoms with van der Waals surface area (Å²) in [4.78, 5) is 29.1. The van der Waals surface area contributed by atoms with E-state index in [1.54, 1.807) is 0 Å². The fourth-order valence-corrected chi connectivity index (χ4v) is 3.17. The van der Waals surface area contributed by atoms with Crippen LogP contribution in [0.3, 0.4) is 0 Å². The number of carbonyl (C=O) groups excluding carboxylic acids is 1. The Morgan fingerprint density at radius 1 is 1.32 bits per heavy atom. The first-order valence-electron chi connectivity index (χ1n) is 7.79. The van der Waals surface area contributed by atoms with Crippen LogP contribution in [0.4, 0.5) is 0 Å². The van der Waals surface area contributed by atoms with E-state index in [0.717, 1.165) is 43.5 Å². The summed E-state index contributed by atoms with van der Waals surface area (Å²) >= 11 is 0. The zero-order valence-corrected chi connectivity index (χ0v) is 12.8. The predicted octanol–water partition coefficient (Wildman–Crippen LogP) is 0.788. The van der Waals surface area contributed by atoms with Crippen molar-refractivity contribution in [1.82, 2.24) is 19.8 Å². The van der Waals surface area contributed by atoms with Gasteiger partial charge in [-0.15, -0.1) is 0 Å². The summed E-state index contributed by atoms with van der Waals surface area (Å²) in [5.41, 5.74) is 1.33. The van der Waals surface area contributed by atoms with Crippen LogP contribution >= 0.6 is 0 Å². The second-order valence-electron chi connectivity index (χ2n) is 5.92. The molecule has 118 valence electrons. The van der Waals surface area contributed by atoms with Crippen molar-refractivity contribution in [3.05, 3.63) is 34.7 Å². The monoisotopic (exact) mass is 302 g/mol. The number of carbonyl (C=O) groups is 1. The van der Waals surface area contributed by atoms with Gasteiger partial charge in [0.1, 0.15) is 6.54 Å². The maximum atomic E-state index is 12.5. The smallest absolute Gasteiger partial charge is 0.326 e. The summed E-state index contributed by atoms with van der Waals surface area (Å²) in [6.07, 6.45) is 2.05. The Balaban J connectivity index is 1.69. The van der Waals surface area contributed by atoms with Crippen molar-refractivity contribution < 1.29 is 4.79 Å².